The summed E-state index contributed by atoms with van der Waals surface area (Å²) in [4.78, 5) is 6.85. The van der Waals surface area contributed by atoms with Crippen LogP contribution < -0.4 is 4.74 Å². The lowest BCUT2D eigenvalue weighted by atomic mass is 10.1. The molecule has 0 amide bonds. The van der Waals surface area contributed by atoms with Crippen LogP contribution in [0.2, 0.25) is 0 Å². The Bertz CT molecular complexity index is 666. The number of nitrogens with zero attached hydrogens (tertiary/aromatic N) is 3. The Morgan fingerprint density at radius 3 is 2.76 bits per heavy atom. The second kappa shape index (κ2) is 7.54. The molecule has 2 aliphatic rings. The first-order valence-electron chi connectivity index (χ1n) is 9.16. The average molecular weight is 343 g/mol. The molecule has 2 fully saturated rings. The zero-order valence-corrected chi connectivity index (χ0v) is 14.6. The lowest BCUT2D eigenvalue weighted by Gasteiger charge is -2.41. The van der Waals surface area contributed by atoms with Crippen molar-refractivity contribution < 1.29 is 14.0 Å². The summed E-state index contributed by atoms with van der Waals surface area (Å²) in [6, 6.07) is 10.1. The van der Waals surface area contributed by atoms with E-state index < -0.39 is 0 Å². The monoisotopic (exact) mass is 343 g/mol. The number of hydrogen-bond acceptors (Lipinski definition) is 6. The third-order valence-electron chi connectivity index (χ3n) is 4.84. The van der Waals surface area contributed by atoms with E-state index in [9.17, 15) is 0 Å². The molecule has 1 saturated carbocycles. The quantitative estimate of drug-likeness (QED) is 0.652. The second-order valence-electron chi connectivity index (χ2n) is 6.90. The molecule has 1 aromatic carbocycles. The number of benzene rings is 1. The van der Waals surface area contributed by atoms with Crippen molar-refractivity contribution in [2.45, 2.75) is 44.2 Å². The smallest absolute Gasteiger partial charge is 0.243 e. The van der Waals surface area contributed by atoms with Crippen molar-refractivity contribution in [2.75, 3.05) is 26.3 Å². The molecule has 1 atom stereocenters. The molecule has 1 aromatic heterocycles. The highest BCUT2D eigenvalue weighted by Gasteiger charge is 2.35. The van der Waals surface area contributed by atoms with Gasteiger partial charge in [0.1, 0.15) is 5.75 Å². The van der Waals surface area contributed by atoms with Crippen LogP contribution in [-0.2, 0) is 4.74 Å². The molecule has 4 rings (SSSR count). The molecule has 0 spiro atoms. The van der Waals surface area contributed by atoms with Crippen molar-refractivity contribution >= 4 is 0 Å². The van der Waals surface area contributed by atoms with Crippen LogP contribution in [0.25, 0.3) is 0 Å². The molecule has 0 N–H and O–H groups in total. The maximum Gasteiger partial charge on any atom is 0.243 e. The molecule has 6 heteroatoms. The van der Waals surface area contributed by atoms with Crippen molar-refractivity contribution in [2.24, 2.45) is 0 Å². The van der Waals surface area contributed by atoms with Gasteiger partial charge >= 0.3 is 0 Å². The first-order chi connectivity index (χ1) is 12.3. The third-order valence-corrected chi connectivity index (χ3v) is 4.84. The molecular weight excluding hydrogens is 318 g/mol. The molecule has 1 aliphatic heterocycles. The van der Waals surface area contributed by atoms with Crippen LogP contribution in [0.3, 0.4) is 0 Å². The van der Waals surface area contributed by atoms with Crippen molar-refractivity contribution in [1.29, 1.82) is 0 Å². The van der Waals surface area contributed by atoms with Gasteiger partial charge in [-0.2, -0.15) is 4.98 Å². The van der Waals surface area contributed by atoms with Crippen molar-refractivity contribution in [3.63, 3.8) is 0 Å². The fraction of sp³-hybridized carbons (Fsp3) is 0.579. The van der Waals surface area contributed by atoms with Crippen LogP contribution in [0.4, 0.5) is 0 Å². The van der Waals surface area contributed by atoms with E-state index in [1.165, 1.54) is 12.8 Å². The summed E-state index contributed by atoms with van der Waals surface area (Å²) in [5, 5.41) is 4.10. The summed E-state index contributed by atoms with van der Waals surface area (Å²) < 4.78 is 17.0. The Balaban J connectivity index is 1.11. The molecule has 0 unspecified atom stereocenters. The van der Waals surface area contributed by atoms with Gasteiger partial charge in [0.25, 0.3) is 0 Å². The Hall–Kier alpha value is -1.92. The number of aromatic nitrogens is 2. The summed E-state index contributed by atoms with van der Waals surface area (Å²) in [5.41, 5.74) is 0. The molecule has 2 aromatic rings. The van der Waals surface area contributed by atoms with Crippen LogP contribution in [0.15, 0.2) is 34.9 Å². The topological polar surface area (TPSA) is 60.6 Å². The molecule has 6 nitrogen and oxygen atoms in total. The standard InChI is InChI=1S/C19H25N3O3/c1-14(19-20-18(21-25-19)15-8-9-15)22-12-17(13-22)24-11-5-10-23-16-6-3-2-4-7-16/h2-4,6-7,14-15,17H,5,8-13H2,1H3/t14-/m1/s1. The first-order valence-corrected chi connectivity index (χ1v) is 9.16. The van der Waals surface area contributed by atoms with Gasteiger partial charge in [-0.05, 0) is 31.9 Å². The molecule has 134 valence electrons. The Kier molecular flexibility index (Phi) is 4.99. The van der Waals surface area contributed by atoms with Gasteiger partial charge in [-0.1, -0.05) is 23.4 Å². The van der Waals surface area contributed by atoms with E-state index in [-0.39, 0.29) is 6.04 Å². The van der Waals surface area contributed by atoms with E-state index in [1.807, 2.05) is 30.3 Å². The zero-order valence-electron chi connectivity index (χ0n) is 14.6. The fourth-order valence-electron chi connectivity index (χ4n) is 2.99. The van der Waals surface area contributed by atoms with E-state index in [0.29, 0.717) is 18.6 Å². The minimum absolute atomic E-state index is 0.168. The van der Waals surface area contributed by atoms with Gasteiger partial charge in [-0.3, -0.25) is 4.90 Å². The SMILES string of the molecule is C[C@H](c1nc(C2CC2)no1)N1CC(OCCCOc2ccccc2)C1. The minimum Gasteiger partial charge on any atom is -0.494 e. The van der Waals surface area contributed by atoms with Gasteiger partial charge < -0.3 is 14.0 Å². The van der Waals surface area contributed by atoms with Gasteiger partial charge in [0, 0.05) is 25.4 Å². The highest BCUT2D eigenvalue weighted by atomic mass is 16.5. The Morgan fingerprint density at radius 1 is 1.20 bits per heavy atom. The number of para-hydroxylation sites is 1. The van der Waals surface area contributed by atoms with Crippen LogP contribution in [0.1, 0.15) is 49.9 Å². The Morgan fingerprint density at radius 2 is 2.00 bits per heavy atom. The normalized spacial score (nSPS) is 19.6. The molecule has 1 saturated heterocycles. The van der Waals surface area contributed by atoms with Crippen molar-refractivity contribution in [3.05, 3.63) is 42.0 Å². The summed E-state index contributed by atoms with van der Waals surface area (Å²) >= 11 is 0. The first kappa shape index (κ1) is 16.5. The summed E-state index contributed by atoms with van der Waals surface area (Å²) in [7, 11) is 0. The van der Waals surface area contributed by atoms with Gasteiger partial charge in [0.2, 0.25) is 5.89 Å². The van der Waals surface area contributed by atoms with Gasteiger partial charge in [-0.25, -0.2) is 0 Å². The minimum atomic E-state index is 0.168. The Labute approximate surface area is 148 Å². The highest BCUT2D eigenvalue weighted by molar-refractivity contribution is 5.20. The van der Waals surface area contributed by atoms with Crippen LogP contribution in [0, 0.1) is 0 Å². The van der Waals surface area contributed by atoms with Gasteiger partial charge in [0.15, 0.2) is 5.82 Å². The van der Waals surface area contributed by atoms with E-state index in [1.54, 1.807) is 0 Å². The number of hydrogen-bond donors (Lipinski definition) is 0. The molecule has 0 radical (unpaired) electrons. The second-order valence-corrected chi connectivity index (χ2v) is 6.90. The average Bonchev–Trinajstić information content (AvgIpc) is 3.33. The predicted molar refractivity (Wildman–Crippen MR) is 92.6 cm³/mol. The number of likely N-dealkylation sites (tertiary alicyclic amines) is 1. The molecule has 1 aliphatic carbocycles. The van der Waals surface area contributed by atoms with Crippen LogP contribution >= 0.6 is 0 Å². The van der Waals surface area contributed by atoms with E-state index >= 15 is 0 Å². The van der Waals surface area contributed by atoms with Crippen molar-refractivity contribution in [3.8, 4) is 5.75 Å². The predicted octanol–water partition coefficient (Wildman–Crippen LogP) is 3.18. The fourth-order valence-corrected chi connectivity index (χ4v) is 2.99. The summed E-state index contributed by atoms with van der Waals surface area (Å²) in [6.07, 6.45) is 3.59. The van der Waals surface area contributed by atoms with E-state index in [0.717, 1.165) is 43.6 Å². The maximum absolute atomic E-state index is 5.90. The lowest BCUT2D eigenvalue weighted by Crippen LogP contribution is -2.53. The molecule has 2 heterocycles. The largest absolute Gasteiger partial charge is 0.494 e. The maximum atomic E-state index is 5.90. The lowest BCUT2D eigenvalue weighted by molar-refractivity contribution is -0.0758. The summed E-state index contributed by atoms with van der Waals surface area (Å²) in [5.74, 6) is 3.07. The van der Waals surface area contributed by atoms with Gasteiger partial charge in [-0.15, -0.1) is 0 Å². The third kappa shape index (κ3) is 4.19. The number of ether oxygens (including phenoxy) is 2. The van der Waals surface area contributed by atoms with Crippen molar-refractivity contribution in [1.82, 2.24) is 15.0 Å². The van der Waals surface area contributed by atoms with E-state index in [4.69, 9.17) is 14.0 Å². The molecular formula is C19H25N3O3. The highest BCUT2D eigenvalue weighted by Crippen LogP contribution is 2.39. The van der Waals surface area contributed by atoms with Crippen LogP contribution in [-0.4, -0.2) is 47.4 Å². The van der Waals surface area contributed by atoms with E-state index in [2.05, 4.69) is 22.0 Å². The molecule has 0 bridgehead atoms. The summed E-state index contributed by atoms with van der Waals surface area (Å²) in [6.45, 7) is 5.37. The van der Waals surface area contributed by atoms with Crippen LogP contribution in [0.5, 0.6) is 5.75 Å². The zero-order chi connectivity index (χ0) is 17.1. The van der Waals surface area contributed by atoms with Gasteiger partial charge in [0.05, 0.1) is 25.4 Å². The number of rotatable bonds is 9. The molecule has 25 heavy (non-hydrogen) atoms.